The van der Waals surface area contributed by atoms with Crippen molar-refractivity contribution in [3.05, 3.63) is 35.9 Å². The average molecular weight is 357 g/mol. The van der Waals surface area contributed by atoms with Gasteiger partial charge in [-0.05, 0) is 18.4 Å². The minimum absolute atomic E-state index is 0.129. The Morgan fingerprint density at radius 2 is 1.88 bits per heavy atom. The molecule has 2 heterocycles. The van der Waals surface area contributed by atoms with Crippen molar-refractivity contribution in [1.82, 2.24) is 9.80 Å². The summed E-state index contributed by atoms with van der Waals surface area (Å²) in [5.74, 6) is 0.301. The molecule has 142 valence electrons. The third-order valence-corrected chi connectivity index (χ3v) is 6.95. The van der Waals surface area contributed by atoms with Gasteiger partial charge in [-0.25, -0.2) is 0 Å². The fraction of sp³-hybridized carbons (Fsp3) is 0.667. The molecule has 1 aliphatic carbocycles. The molecule has 3 aliphatic rings. The number of piperazine rings is 1. The number of hydrogen-bond donors (Lipinski definition) is 1. The minimum atomic E-state index is -0.778. The molecule has 3 unspecified atom stereocenters. The second-order valence-electron chi connectivity index (χ2n) is 8.68. The van der Waals surface area contributed by atoms with Gasteiger partial charge in [0.1, 0.15) is 5.54 Å². The summed E-state index contributed by atoms with van der Waals surface area (Å²) < 4.78 is 5.95. The molecule has 5 heteroatoms. The summed E-state index contributed by atoms with van der Waals surface area (Å²) in [5.41, 5.74) is 7.03. The van der Waals surface area contributed by atoms with Gasteiger partial charge in [-0.15, -0.1) is 0 Å². The lowest BCUT2D eigenvalue weighted by molar-refractivity contribution is -0.230. The lowest BCUT2D eigenvalue weighted by Crippen LogP contribution is -2.82. The zero-order valence-corrected chi connectivity index (χ0v) is 16.0. The number of nitrogens with zero attached hydrogens (tertiary/aromatic N) is 2. The Hall–Kier alpha value is -1.43. The second kappa shape index (κ2) is 6.63. The predicted molar refractivity (Wildman–Crippen MR) is 101 cm³/mol. The van der Waals surface area contributed by atoms with Crippen LogP contribution in [-0.4, -0.2) is 60.1 Å². The highest BCUT2D eigenvalue weighted by molar-refractivity contribution is 5.89. The van der Waals surface area contributed by atoms with E-state index in [1.807, 2.05) is 11.0 Å². The normalized spacial score (nSPS) is 34.0. The number of amides is 1. The number of carbonyl (C=O) groups is 1. The van der Waals surface area contributed by atoms with Gasteiger partial charge in [0.25, 0.3) is 0 Å². The molecular weight excluding hydrogens is 326 g/mol. The summed E-state index contributed by atoms with van der Waals surface area (Å²) in [6.07, 6.45) is 2.14. The molecule has 4 rings (SSSR count). The van der Waals surface area contributed by atoms with Crippen molar-refractivity contribution in [3.63, 3.8) is 0 Å². The fourth-order valence-electron chi connectivity index (χ4n) is 5.22. The molecular formula is C21H31N3O2. The van der Waals surface area contributed by atoms with E-state index in [1.165, 1.54) is 5.56 Å². The maximum absolute atomic E-state index is 13.4. The number of hydrogen-bond acceptors (Lipinski definition) is 4. The van der Waals surface area contributed by atoms with E-state index < -0.39 is 5.54 Å². The van der Waals surface area contributed by atoms with Crippen LogP contribution in [0.4, 0.5) is 0 Å². The standard InChI is InChI=1S/C21H31N3O2/c1-20(2)18-17(9-6-14-26-18)21(20,22)19(25)24-12-10-23(11-13-24)15-16-7-4-3-5-8-16/h3-5,7-8,17-18H,6,9-15,22H2,1-2H3. The Bertz CT molecular complexity index is 654. The molecule has 3 fully saturated rings. The lowest BCUT2D eigenvalue weighted by atomic mass is 9.46. The third-order valence-electron chi connectivity index (χ3n) is 6.95. The molecule has 3 atom stereocenters. The molecule has 1 aromatic carbocycles. The molecule has 0 aromatic heterocycles. The Kier molecular flexibility index (Phi) is 4.58. The van der Waals surface area contributed by atoms with Crippen molar-refractivity contribution in [2.24, 2.45) is 17.1 Å². The molecule has 1 saturated carbocycles. The molecule has 2 saturated heterocycles. The smallest absolute Gasteiger partial charge is 0.243 e. The molecule has 5 nitrogen and oxygen atoms in total. The summed E-state index contributed by atoms with van der Waals surface area (Å²) in [4.78, 5) is 17.8. The number of rotatable bonds is 3. The van der Waals surface area contributed by atoms with E-state index in [9.17, 15) is 4.79 Å². The fourth-order valence-corrected chi connectivity index (χ4v) is 5.22. The van der Waals surface area contributed by atoms with E-state index in [2.05, 4.69) is 43.0 Å². The predicted octanol–water partition coefficient (Wildman–Crippen LogP) is 1.86. The first kappa shape index (κ1) is 18.0. The van der Waals surface area contributed by atoms with E-state index in [0.717, 1.165) is 52.2 Å². The van der Waals surface area contributed by atoms with Crippen molar-refractivity contribution >= 4 is 5.91 Å². The van der Waals surface area contributed by atoms with Gasteiger partial charge in [-0.2, -0.15) is 0 Å². The Balaban J connectivity index is 1.39. The van der Waals surface area contributed by atoms with E-state index in [0.29, 0.717) is 0 Å². The van der Waals surface area contributed by atoms with Gasteiger partial charge in [0.05, 0.1) is 6.10 Å². The highest BCUT2D eigenvalue weighted by atomic mass is 16.5. The Morgan fingerprint density at radius 3 is 2.58 bits per heavy atom. The van der Waals surface area contributed by atoms with Crippen LogP contribution in [-0.2, 0) is 16.1 Å². The number of fused-ring (bicyclic) bond motifs is 1. The van der Waals surface area contributed by atoms with Crippen LogP contribution in [0.15, 0.2) is 30.3 Å². The number of carbonyl (C=O) groups excluding carboxylic acids is 1. The zero-order valence-electron chi connectivity index (χ0n) is 16.0. The molecule has 0 bridgehead atoms. The zero-order chi connectivity index (χ0) is 18.4. The lowest BCUT2D eigenvalue weighted by Gasteiger charge is -2.66. The maximum Gasteiger partial charge on any atom is 0.243 e. The Morgan fingerprint density at radius 1 is 1.19 bits per heavy atom. The topological polar surface area (TPSA) is 58.8 Å². The molecule has 0 radical (unpaired) electrons. The monoisotopic (exact) mass is 357 g/mol. The first-order chi connectivity index (χ1) is 12.4. The molecule has 1 aromatic rings. The largest absolute Gasteiger partial charge is 0.377 e. The molecule has 1 amide bonds. The summed E-state index contributed by atoms with van der Waals surface area (Å²) in [5, 5.41) is 0. The molecule has 0 spiro atoms. The highest BCUT2D eigenvalue weighted by Gasteiger charge is 2.70. The number of nitrogens with two attached hydrogens (primary N) is 1. The van der Waals surface area contributed by atoms with Gasteiger partial charge in [-0.3, -0.25) is 9.69 Å². The summed E-state index contributed by atoms with van der Waals surface area (Å²) in [6, 6.07) is 10.5. The van der Waals surface area contributed by atoms with Crippen LogP contribution in [0.3, 0.4) is 0 Å². The maximum atomic E-state index is 13.4. The van der Waals surface area contributed by atoms with Crippen molar-refractivity contribution in [1.29, 1.82) is 0 Å². The van der Waals surface area contributed by atoms with Crippen molar-refractivity contribution < 1.29 is 9.53 Å². The average Bonchev–Trinajstić information content (AvgIpc) is 2.68. The number of ether oxygens (including phenoxy) is 1. The van der Waals surface area contributed by atoms with Crippen LogP contribution in [0, 0.1) is 11.3 Å². The summed E-state index contributed by atoms with van der Waals surface area (Å²) in [7, 11) is 0. The summed E-state index contributed by atoms with van der Waals surface area (Å²) in [6.45, 7) is 9.28. The van der Waals surface area contributed by atoms with E-state index in [4.69, 9.17) is 10.5 Å². The van der Waals surface area contributed by atoms with Gasteiger partial charge in [0.2, 0.25) is 5.91 Å². The number of benzene rings is 1. The third kappa shape index (κ3) is 2.68. The van der Waals surface area contributed by atoms with Crippen LogP contribution in [0.1, 0.15) is 32.3 Å². The van der Waals surface area contributed by atoms with Crippen molar-refractivity contribution in [3.8, 4) is 0 Å². The van der Waals surface area contributed by atoms with Crippen LogP contribution in [0.5, 0.6) is 0 Å². The minimum Gasteiger partial charge on any atom is -0.377 e. The van der Waals surface area contributed by atoms with Gasteiger partial charge in [0.15, 0.2) is 0 Å². The van der Waals surface area contributed by atoms with E-state index in [-0.39, 0.29) is 23.3 Å². The molecule has 26 heavy (non-hydrogen) atoms. The van der Waals surface area contributed by atoms with Crippen molar-refractivity contribution in [2.75, 3.05) is 32.8 Å². The molecule has 2 N–H and O–H groups in total. The van der Waals surface area contributed by atoms with E-state index >= 15 is 0 Å². The van der Waals surface area contributed by atoms with Gasteiger partial charge in [-0.1, -0.05) is 44.2 Å². The van der Waals surface area contributed by atoms with E-state index in [1.54, 1.807) is 0 Å². The van der Waals surface area contributed by atoms with Crippen LogP contribution in [0.2, 0.25) is 0 Å². The second-order valence-corrected chi connectivity index (χ2v) is 8.68. The van der Waals surface area contributed by atoms with Crippen molar-refractivity contribution in [2.45, 2.75) is 44.9 Å². The van der Waals surface area contributed by atoms with Crippen LogP contribution >= 0.6 is 0 Å². The SMILES string of the molecule is CC1(C)C2OCCCC2C1(N)C(=O)N1CCN(Cc2ccccc2)CC1. The summed E-state index contributed by atoms with van der Waals surface area (Å²) >= 11 is 0. The molecule has 2 aliphatic heterocycles. The first-order valence-electron chi connectivity index (χ1n) is 9.91. The van der Waals surface area contributed by atoms with Crippen LogP contribution < -0.4 is 5.73 Å². The Labute approximate surface area is 156 Å². The quantitative estimate of drug-likeness (QED) is 0.897. The van der Waals surface area contributed by atoms with Gasteiger partial charge >= 0.3 is 0 Å². The first-order valence-corrected chi connectivity index (χ1v) is 9.91. The highest BCUT2D eigenvalue weighted by Crippen LogP contribution is 2.58. The van der Waals surface area contributed by atoms with Gasteiger partial charge < -0.3 is 15.4 Å². The van der Waals surface area contributed by atoms with Gasteiger partial charge in [0, 0.05) is 50.7 Å². The van der Waals surface area contributed by atoms with Crippen LogP contribution in [0.25, 0.3) is 0 Å².